The molecule has 2 saturated heterocycles. The Balaban J connectivity index is 0.982. The van der Waals surface area contributed by atoms with Crippen molar-refractivity contribution >= 4 is 11.0 Å². The summed E-state index contributed by atoms with van der Waals surface area (Å²) in [5.74, 6) is -0.00454. The molecule has 4 aromatic heterocycles. The first-order valence-electron chi connectivity index (χ1n) is 15.3. The fourth-order valence-electron chi connectivity index (χ4n) is 7.03. The topological polar surface area (TPSA) is 132 Å². The van der Waals surface area contributed by atoms with Gasteiger partial charge < -0.3 is 14.8 Å². The summed E-state index contributed by atoms with van der Waals surface area (Å²) in [7, 11) is 0. The van der Waals surface area contributed by atoms with Crippen molar-refractivity contribution < 1.29 is 23.0 Å². The Hall–Kier alpha value is -4.06. The summed E-state index contributed by atoms with van der Waals surface area (Å²) in [5, 5.41) is 25.0. The van der Waals surface area contributed by atoms with E-state index in [0.717, 1.165) is 41.2 Å². The minimum absolute atomic E-state index is 0.00454. The predicted molar refractivity (Wildman–Crippen MR) is 157 cm³/mol. The Morgan fingerprint density at radius 1 is 1.13 bits per heavy atom. The van der Waals surface area contributed by atoms with E-state index in [9.17, 15) is 23.5 Å². The Kier molecular flexibility index (Phi) is 7.71. The third-order valence-electron chi connectivity index (χ3n) is 9.35. The molecule has 4 aromatic rings. The van der Waals surface area contributed by atoms with Gasteiger partial charge >= 0.3 is 6.18 Å². The maximum atomic E-state index is 13.7. The van der Waals surface area contributed by atoms with Gasteiger partial charge in [-0.3, -0.25) is 14.5 Å². The quantitative estimate of drug-likeness (QED) is 0.298. The number of nitrogens with zero attached hydrogens (tertiary/aromatic N) is 8. The van der Waals surface area contributed by atoms with Crippen LogP contribution in [0.4, 0.5) is 13.2 Å². The number of β-amino-alcohol motifs (C(OH)–C–C–N with tert-alkyl or cyclic N) is 1. The van der Waals surface area contributed by atoms with Gasteiger partial charge in [0.1, 0.15) is 29.3 Å². The van der Waals surface area contributed by atoms with E-state index in [1.165, 1.54) is 6.33 Å². The maximum absolute atomic E-state index is 13.7. The zero-order valence-electron chi connectivity index (χ0n) is 24.6. The smallest absolute Gasteiger partial charge is 0.433 e. The van der Waals surface area contributed by atoms with Gasteiger partial charge in [0.2, 0.25) is 5.88 Å². The van der Waals surface area contributed by atoms with Crippen molar-refractivity contribution in [2.75, 3.05) is 26.2 Å². The number of hydrogen-bond donors (Lipinski definition) is 2. The molecule has 236 valence electrons. The summed E-state index contributed by atoms with van der Waals surface area (Å²) in [6.07, 6.45) is 5.82. The van der Waals surface area contributed by atoms with E-state index >= 15 is 0 Å². The highest BCUT2D eigenvalue weighted by Crippen LogP contribution is 2.39. The van der Waals surface area contributed by atoms with E-state index in [0.29, 0.717) is 70.0 Å². The summed E-state index contributed by atoms with van der Waals surface area (Å²) in [6.45, 7) is 2.75. The number of aromatic amines is 1. The molecule has 2 aliphatic heterocycles. The highest BCUT2D eigenvalue weighted by Gasteiger charge is 2.48. The van der Waals surface area contributed by atoms with Crippen molar-refractivity contribution in [3.8, 4) is 23.2 Å². The summed E-state index contributed by atoms with van der Waals surface area (Å²) >= 11 is 0. The Bertz CT molecular complexity index is 1700. The van der Waals surface area contributed by atoms with Gasteiger partial charge in [0, 0.05) is 68.2 Å². The summed E-state index contributed by atoms with van der Waals surface area (Å²) in [5.41, 5.74) is 1.47. The number of aliphatic hydroxyl groups is 1. The number of aliphatic hydroxyl groups excluding tert-OH is 1. The molecule has 0 radical (unpaired) electrons. The second-order valence-corrected chi connectivity index (χ2v) is 12.5. The van der Waals surface area contributed by atoms with E-state index in [4.69, 9.17) is 4.74 Å². The van der Waals surface area contributed by atoms with Crippen molar-refractivity contribution in [3.05, 3.63) is 54.4 Å². The molecule has 14 heteroatoms. The van der Waals surface area contributed by atoms with Crippen LogP contribution in [0.5, 0.6) is 5.88 Å². The van der Waals surface area contributed by atoms with Crippen LogP contribution in [0.3, 0.4) is 0 Å². The van der Waals surface area contributed by atoms with E-state index in [2.05, 4.69) is 36.0 Å². The fourth-order valence-corrected chi connectivity index (χ4v) is 7.03. The lowest BCUT2D eigenvalue weighted by Crippen LogP contribution is -2.65. The average Bonchev–Trinajstić information content (AvgIpc) is 3.76. The molecule has 2 N–H and O–H groups in total. The van der Waals surface area contributed by atoms with E-state index in [1.807, 2.05) is 28.0 Å². The van der Waals surface area contributed by atoms with E-state index in [-0.39, 0.29) is 12.0 Å². The summed E-state index contributed by atoms with van der Waals surface area (Å²) in [4.78, 5) is 19.9. The monoisotopic (exact) mass is 621 g/mol. The first-order chi connectivity index (χ1) is 21.7. The third-order valence-corrected chi connectivity index (χ3v) is 9.35. The fraction of sp³-hybridized carbons (Fsp3) is 0.516. The molecule has 7 rings (SSSR count). The van der Waals surface area contributed by atoms with Gasteiger partial charge in [-0.2, -0.15) is 23.5 Å². The lowest BCUT2D eigenvalue weighted by Gasteiger charge is -2.53. The highest BCUT2D eigenvalue weighted by molar-refractivity contribution is 5.90. The normalized spacial score (nSPS) is 24.0. The van der Waals surface area contributed by atoms with Gasteiger partial charge in [0.25, 0.3) is 0 Å². The number of alkyl halides is 3. The summed E-state index contributed by atoms with van der Waals surface area (Å²) < 4.78 is 48.9. The number of nitriles is 1. The van der Waals surface area contributed by atoms with E-state index < -0.39 is 23.5 Å². The molecule has 0 unspecified atom stereocenters. The second kappa shape index (κ2) is 11.7. The van der Waals surface area contributed by atoms with Crippen LogP contribution in [-0.4, -0.2) is 89.1 Å². The minimum atomic E-state index is -4.58. The number of H-pyrrole nitrogens is 1. The number of rotatable bonds is 8. The molecule has 1 aliphatic carbocycles. The number of hydrogen-bond acceptors (Lipinski definition) is 9. The summed E-state index contributed by atoms with van der Waals surface area (Å²) in [6, 6.07) is 7.24. The molecule has 3 fully saturated rings. The molecule has 45 heavy (non-hydrogen) atoms. The zero-order chi connectivity index (χ0) is 31.2. The van der Waals surface area contributed by atoms with Gasteiger partial charge in [-0.1, -0.05) is 0 Å². The van der Waals surface area contributed by atoms with Gasteiger partial charge in [0.15, 0.2) is 0 Å². The number of fused-ring (bicyclic) bond motifs is 1. The van der Waals surface area contributed by atoms with Gasteiger partial charge in [0.05, 0.1) is 30.5 Å². The molecular formula is C31H34F3N9O2. The van der Waals surface area contributed by atoms with Crippen LogP contribution in [-0.2, 0) is 18.3 Å². The average molecular weight is 622 g/mol. The molecule has 0 spiro atoms. The third kappa shape index (κ3) is 5.99. The Morgan fingerprint density at radius 2 is 1.96 bits per heavy atom. The number of likely N-dealkylation sites (tertiary alicyclic amines) is 2. The number of ether oxygens (including phenoxy) is 1. The van der Waals surface area contributed by atoms with Crippen molar-refractivity contribution in [2.24, 2.45) is 0 Å². The van der Waals surface area contributed by atoms with Crippen LogP contribution in [0.15, 0.2) is 43.1 Å². The molecule has 0 amide bonds. The molecular weight excluding hydrogens is 587 g/mol. The number of aromatic nitrogens is 6. The molecule has 6 heterocycles. The molecule has 11 nitrogen and oxygen atoms in total. The number of pyridine rings is 1. The van der Waals surface area contributed by atoms with Crippen molar-refractivity contribution in [1.82, 2.24) is 39.5 Å². The van der Waals surface area contributed by atoms with Crippen LogP contribution in [0.25, 0.3) is 22.3 Å². The lowest BCUT2D eigenvalue weighted by atomic mass is 9.82. The Labute approximate surface area is 257 Å². The number of halogens is 3. The number of nitrogens with one attached hydrogen (secondary N) is 1. The maximum Gasteiger partial charge on any atom is 0.433 e. The largest absolute Gasteiger partial charge is 0.474 e. The first kappa shape index (κ1) is 29.6. The molecule has 1 atom stereocenters. The van der Waals surface area contributed by atoms with Crippen LogP contribution >= 0.6 is 0 Å². The van der Waals surface area contributed by atoms with Gasteiger partial charge in [-0.05, 0) is 49.8 Å². The molecule has 0 bridgehead atoms. The van der Waals surface area contributed by atoms with Crippen LogP contribution in [0.1, 0.15) is 49.8 Å². The van der Waals surface area contributed by atoms with Crippen LogP contribution in [0.2, 0.25) is 0 Å². The first-order valence-corrected chi connectivity index (χ1v) is 15.3. The van der Waals surface area contributed by atoms with Crippen molar-refractivity contribution in [3.63, 3.8) is 0 Å². The van der Waals surface area contributed by atoms with E-state index in [1.54, 1.807) is 12.3 Å². The van der Waals surface area contributed by atoms with Crippen LogP contribution < -0.4 is 4.74 Å². The molecule has 1 saturated carbocycles. The predicted octanol–water partition coefficient (Wildman–Crippen LogP) is 4.12. The van der Waals surface area contributed by atoms with Gasteiger partial charge in [-0.15, -0.1) is 0 Å². The zero-order valence-corrected chi connectivity index (χ0v) is 24.6. The van der Waals surface area contributed by atoms with Crippen molar-refractivity contribution in [1.29, 1.82) is 5.26 Å². The molecule has 3 aliphatic rings. The van der Waals surface area contributed by atoms with Crippen LogP contribution in [0, 0.1) is 11.3 Å². The molecule has 0 aromatic carbocycles. The minimum Gasteiger partial charge on any atom is -0.474 e. The standard InChI is InChI=1S/C31H34F3N9O2/c32-31(33,34)26-11-20(14-41-10-6-23(44)16-41)12-27(40-26)45-24-3-1-22(2-4-24)42-17-30(18-42,7-8-35)43-15-21(13-39-43)28-25-5-9-36-29(25)38-19-37-28/h5,9,11-13,15,19,22-24,44H,1-4,6-7,10,14,16-18H2,(H,36,37,38)/t22?,23-,24?/m0/s1. The lowest BCUT2D eigenvalue weighted by molar-refractivity contribution is -0.141. The SMILES string of the molecule is N#CCC1(n2cc(-c3ncnc4[nH]ccc34)cn2)CN(C2CCC(Oc3cc(CN4CC[C@H](O)C4)cc(C(F)(F)F)n3)CC2)C1. The van der Waals surface area contributed by atoms with Crippen molar-refractivity contribution in [2.45, 2.75) is 75.0 Å². The second-order valence-electron chi connectivity index (χ2n) is 12.5. The highest BCUT2D eigenvalue weighted by atomic mass is 19.4. The van der Waals surface area contributed by atoms with Gasteiger partial charge in [-0.25, -0.2) is 15.0 Å². The Morgan fingerprint density at radius 3 is 2.69 bits per heavy atom.